The van der Waals surface area contributed by atoms with Gasteiger partial charge in [0.05, 0.1) is 15.7 Å². The fourth-order valence-corrected chi connectivity index (χ4v) is 1.79. The van der Waals surface area contributed by atoms with Gasteiger partial charge in [-0.1, -0.05) is 0 Å². The van der Waals surface area contributed by atoms with Crippen molar-refractivity contribution in [2.75, 3.05) is 5.73 Å². The Labute approximate surface area is 120 Å². The Hall–Kier alpha value is -1.76. The van der Waals surface area contributed by atoms with Gasteiger partial charge < -0.3 is 10.5 Å². The van der Waals surface area contributed by atoms with Crippen LogP contribution in [0.1, 0.15) is 5.56 Å². The summed E-state index contributed by atoms with van der Waals surface area (Å²) in [7, 11) is 0. The van der Waals surface area contributed by atoms with E-state index in [1.165, 1.54) is 18.2 Å². The molecule has 0 aliphatic carbocycles. The highest BCUT2D eigenvalue weighted by atomic mass is 79.9. The lowest BCUT2D eigenvalue weighted by atomic mass is 10.2. The number of alkyl halides is 3. The van der Waals surface area contributed by atoms with E-state index in [1.54, 1.807) is 0 Å². The molecule has 0 aliphatic heterocycles. The molecule has 0 radical (unpaired) electrons. The first-order chi connectivity index (χ1) is 9.27. The van der Waals surface area contributed by atoms with E-state index in [2.05, 4.69) is 15.9 Å². The van der Waals surface area contributed by atoms with Crippen LogP contribution in [0.25, 0.3) is 0 Å². The average molecular weight is 350 g/mol. The molecule has 0 spiro atoms. The van der Waals surface area contributed by atoms with Gasteiger partial charge in [-0.2, -0.15) is 13.2 Å². The quantitative estimate of drug-likeness (QED) is 0.612. The number of benzene rings is 2. The van der Waals surface area contributed by atoms with Crippen molar-refractivity contribution in [2.45, 2.75) is 6.18 Å². The third-order valence-corrected chi connectivity index (χ3v) is 3.07. The highest BCUT2D eigenvalue weighted by Crippen LogP contribution is 2.34. The molecule has 7 heteroatoms. The van der Waals surface area contributed by atoms with Crippen LogP contribution in [0.5, 0.6) is 11.5 Å². The second-order valence-corrected chi connectivity index (χ2v) is 4.78. The van der Waals surface area contributed by atoms with E-state index in [9.17, 15) is 17.6 Å². The first-order valence-corrected chi connectivity index (χ1v) is 6.16. The van der Waals surface area contributed by atoms with Crippen molar-refractivity contribution in [3.8, 4) is 11.5 Å². The fraction of sp³-hybridized carbons (Fsp3) is 0.0769. The maximum absolute atomic E-state index is 13.2. The van der Waals surface area contributed by atoms with Gasteiger partial charge in [-0.25, -0.2) is 4.39 Å². The topological polar surface area (TPSA) is 35.2 Å². The van der Waals surface area contributed by atoms with Gasteiger partial charge in [0.25, 0.3) is 0 Å². The molecule has 0 bridgehead atoms. The van der Waals surface area contributed by atoms with E-state index in [1.807, 2.05) is 0 Å². The lowest BCUT2D eigenvalue weighted by molar-refractivity contribution is -0.137. The molecule has 0 fully saturated rings. The molecular formula is C13H8BrF4NO. The summed E-state index contributed by atoms with van der Waals surface area (Å²) in [4.78, 5) is 0. The summed E-state index contributed by atoms with van der Waals surface area (Å²) < 4.78 is 55.8. The molecule has 0 amide bonds. The van der Waals surface area contributed by atoms with Gasteiger partial charge in [-0.15, -0.1) is 0 Å². The predicted molar refractivity (Wildman–Crippen MR) is 70.0 cm³/mol. The molecular weight excluding hydrogens is 342 g/mol. The van der Waals surface area contributed by atoms with Crippen molar-refractivity contribution in [1.82, 2.24) is 0 Å². The van der Waals surface area contributed by atoms with Gasteiger partial charge in [0, 0.05) is 12.1 Å². The van der Waals surface area contributed by atoms with Crippen molar-refractivity contribution in [1.29, 1.82) is 0 Å². The Morgan fingerprint density at radius 3 is 2.20 bits per heavy atom. The molecule has 2 aromatic carbocycles. The van der Waals surface area contributed by atoms with Crippen LogP contribution in [-0.4, -0.2) is 0 Å². The third-order valence-electron chi connectivity index (χ3n) is 2.46. The Morgan fingerprint density at radius 2 is 1.65 bits per heavy atom. The van der Waals surface area contributed by atoms with Crippen LogP contribution in [0.2, 0.25) is 0 Å². The maximum Gasteiger partial charge on any atom is 0.416 e. The standard InChI is InChI=1S/C13H8BrF4NO/c14-9-5-12(11(19)6-10(9)15)20-8-3-1-7(2-4-8)13(16,17)18/h1-6H,19H2. The second-order valence-electron chi connectivity index (χ2n) is 3.93. The zero-order chi connectivity index (χ0) is 14.9. The van der Waals surface area contributed by atoms with Gasteiger partial charge in [0.15, 0.2) is 5.75 Å². The smallest absolute Gasteiger partial charge is 0.416 e. The largest absolute Gasteiger partial charge is 0.455 e. The zero-order valence-corrected chi connectivity index (χ0v) is 11.4. The molecule has 20 heavy (non-hydrogen) atoms. The summed E-state index contributed by atoms with van der Waals surface area (Å²) in [6.07, 6.45) is -4.41. The van der Waals surface area contributed by atoms with E-state index in [4.69, 9.17) is 10.5 Å². The average Bonchev–Trinajstić information content (AvgIpc) is 2.35. The maximum atomic E-state index is 13.2. The molecule has 0 saturated heterocycles. The Morgan fingerprint density at radius 1 is 1.05 bits per heavy atom. The summed E-state index contributed by atoms with van der Waals surface area (Å²) in [5.41, 5.74) is 4.84. The van der Waals surface area contributed by atoms with Crippen LogP contribution in [0.3, 0.4) is 0 Å². The van der Waals surface area contributed by atoms with Crippen molar-refractivity contribution in [3.05, 3.63) is 52.3 Å². The number of halogens is 5. The molecule has 2 nitrogen and oxygen atoms in total. The lowest BCUT2D eigenvalue weighted by Crippen LogP contribution is -2.04. The SMILES string of the molecule is Nc1cc(F)c(Br)cc1Oc1ccc(C(F)(F)F)cc1. The van der Waals surface area contributed by atoms with Gasteiger partial charge in [0.2, 0.25) is 0 Å². The van der Waals surface area contributed by atoms with Crippen LogP contribution >= 0.6 is 15.9 Å². The van der Waals surface area contributed by atoms with Crippen molar-refractivity contribution in [2.24, 2.45) is 0 Å². The number of nitrogens with two attached hydrogens (primary N) is 1. The van der Waals surface area contributed by atoms with Gasteiger partial charge in [-0.05, 0) is 40.2 Å². The van der Waals surface area contributed by atoms with Crippen LogP contribution < -0.4 is 10.5 Å². The molecule has 0 atom stereocenters. The number of ether oxygens (including phenoxy) is 1. The number of rotatable bonds is 2. The molecule has 2 aromatic rings. The first-order valence-electron chi connectivity index (χ1n) is 5.37. The lowest BCUT2D eigenvalue weighted by Gasteiger charge is -2.11. The summed E-state index contributed by atoms with van der Waals surface area (Å²) >= 11 is 2.97. The Bertz CT molecular complexity index is 626. The summed E-state index contributed by atoms with van der Waals surface area (Å²) in [5, 5.41) is 0. The normalized spacial score (nSPS) is 11.4. The van der Waals surface area contributed by atoms with Gasteiger partial charge in [-0.3, -0.25) is 0 Å². The molecule has 0 aromatic heterocycles. The minimum atomic E-state index is -4.41. The monoisotopic (exact) mass is 349 g/mol. The van der Waals surface area contributed by atoms with Crippen molar-refractivity contribution in [3.63, 3.8) is 0 Å². The van der Waals surface area contributed by atoms with E-state index in [0.29, 0.717) is 0 Å². The number of anilines is 1. The van der Waals surface area contributed by atoms with Crippen molar-refractivity contribution < 1.29 is 22.3 Å². The van der Waals surface area contributed by atoms with Crippen LogP contribution in [-0.2, 0) is 6.18 Å². The highest BCUT2D eigenvalue weighted by Gasteiger charge is 2.30. The van der Waals surface area contributed by atoms with Crippen molar-refractivity contribution >= 4 is 21.6 Å². The number of hydrogen-bond acceptors (Lipinski definition) is 2. The Kier molecular flexibility index (Phi) is 3.89. The zero-order valence-electron chi connectivity index (χ0n) is 9.84. The van der Waals surface area contributed by atoms with E-state index in [-0.39, 0.29) is 21.7 Å². The van der Waals surface area contributed by atoms with E-state index >= 15 is 0 Å². The van der Waals surface area contributed by atoms with Gasteiger partial charge >= 0.3 is 6.18 Å². The molecule has 0 saturated carbocycles. The van der Waals surface area contributed by atoms with Crippen LogP contribution in [0, 0.1) is 5.82 Å². The molecule has 0 aliphatic rings. The third kappa shape index (κ3) is 3.22. The minimum absolute atomic E-state index is 0.0468. The van der Waals surface area contributed by atoms with Crippen LogP contribution in [0.4, 0.5) is 23.2 Å². The molecule has 106 valence electrons. The number of nitrogen functional groups attached to an aromatic ring is 1. The van der Waals surface area contributed by atoms with Gasteiger partial charge in [0.1, 0.15) is 11.6 Å². The van der Waals surface area contributed by atoms with Crippen LogP contribution in [0.15, 0.2) is 40.9 Å². The Balaban J connectivity index is 2.25. The highest BCUT2D eigenvalue weighted by molar-refractivity contribution is 9.10. The summed E-state index contributed by atoms with van der Waals surface area (Å²) in [5.74, 6) is -0.233. The molecule has 0 unspecified atom stereocenters. The van der Waals surface area contributed by atoms with E-state index in [0.717, 1.165) is 18.2 Å². The first kappa shape index (κ1) is 14.6. The van der Waals surface area contributed by atoms with E-state index < -0.39 is 17.6 Å². The number of hydrogen-bond donors (Lipinski definition) is 1. The molecule has 2 rings (SSSR count). The fourth-order valence-electron chi connectivity index (χ4n) is 1.47. The molecule has 2 N–H and O–H groups in total. The second kappa shape index (κ2) is 5.32. The summed E-state index contributed by atoms with van der Waals surface area (Å²) in [6.45, 7) is 0. The minimum Gasteiger partial charge on any atom is -0.455 e. The predicted octanol–water partition coefficient (Wildman–Crippen LogP) is 4.98. The molecule has 0 heterocycles. The summed E-state index contributed by atoms with van der Waals surface area (Å²) in [6, 6.07) is 6.49.